The van der Waals surface area contributed by atoms with E-state index in [0.717, 1.165) is 31.7 Å². The summed E-state index contributed by atoms with van der Waals surface area (Å²) in [5.74, 6) is 1.43. The highest BCUT2D eigenvalue weighted by Gasteiger charge is 2.29. The molecule has 0 unspecified atom stereocenters. The van der Waals surface area contributed by atoms with Crippen LogP contribution in [0.1, 0.15) is 31.2 Å². The predicted molar refractivity (Wildman–Crippen MR) is 82.2 cm³/mol. The molecule has 2 aliphatic rings. The molecule has 1 N–H and O–H groups in total. The maximum atomic E-state index is 8.93. The first kappa shape index (κ1) is 14.9. The van der Waals surface area contributed by atoms with E-state index in [4.69, 9.17) is 26.2 Å². The molecule has 1 aromatic rings. The first-order chi connectivity index (χ1) is 10.3. The molecule has 1 aromatic carbocycles. The first-order valence-corrected chi connectivity index (χ1v) is 8.08. The molecular formula is C16H22ClNO3. The quantitative estimate of drug-likeness (QED) is 0.786. The summed E-state index contributed by atoms with van der Waals surface area (Å²) in [6.07, 6.45) is 4.45. The van der Waals surface area contributed by atoms with Crippen molar-refractivity contribution in [3.8, 4) is 11.5 Å². The molecule has 0 aromatic heterocycles. The molecular weight excluding hydrogens is 290 g/mol. The standard InChI is InChI=1S/C16H22ClNO3/c17-14-9-12(10-15-16(14)21-8-7-20-15)11-18(13-3-4-13)5-1-2-6-19/h9-10,13,19H,1-8,11H2. The summed E-state index contributed by atoms with van der Waals surface area (Å²) < 4.78 is 11.2. The molecule has 1 heterocycles. The predicted octanol–water partition coefficient (Wildman–Crippen LogP) is 2.85. The number of rotatable bonds is 7. The smallest absolute Gasteiger partial charge is 0.179 e. The van der Waals surface area contributed by atoms with Gasteiger partial charge in [0.25, 0.3) is 0 Å². The van der Waals surface area contributed by atoms with Crippen LogP contribution in [0.15, 0.2) is 12.1 Å². The van der Waals surface area contributed by atoms with Crippen molar-refractivity contribution in [3.05, 3.63) is 22.7 Å². The second-order valence-electron chi connectivity index (χ2n) is 5.73. The fraction of sp³-hybridized carbons (Fsp3) is 0.625. The molecule has 4 nitrogen and oxygen atoms in total. The molecule has 21 heavy (non-hydrogen) atoms. The van der Waals surface area contributed by atoms with Crippen LogP contribution in [0.5, 0.6) is 11.5 Å². The summed E-state index contributed by atoms with van der Waals surface area (Å²) in [5.41, 5.74) is 1.17. The molecule has 1 aliphatic heterocycles. The Bertz CT molecular complexity index is 491. The van der Waals surface area contributed by atoms with Crippen molar-refractivity contribution in [1.29, 1.82) is 0 Å². The van der Waals surface area contributed by atoms with Gasteiger partial charge in [-0.05, 0) is 49.9 Å². The van der Waals surface area contributed by atoms with Crippen LogP contribution in [0.25, 0.3) is 0 Å². The van der Waals surface area contributed by atoms with Gasteiger partial charge in [-0.3, -0.25) is 4.90 Å². The van der Waals surface area contributed by atoms with Gasteiger partial charge in [-0.15, -0.1) is 0 Å². The van der Waals surface area contributed by atoms with Crippen molar-refractivity contribution in [2.24, 2.45) is 0 Å². The van der Waals surface area contributed by atoms with Gasteiger partial charge in [-0.2, -0.15) is 0 Å². The molecule has 1 saturated carbocycles. The lowest BCUT2D eigenvalue weighted by Crippen LogP contribution is -2.27. The Kier molecular flexibility index (Phi) is 4.88. The lowest BCUT2D eigenvalue weighted by Gasteiger charge is -2.24. The van der Waals surface area contributed by atoms with E-state index in [9.17, 15) is 0 Å². The van der Waals surface area contributed by atoms with Crippen LogP contribution in [-0.4, -0.2) is 42.4 Å². The SMILES string of the molecule is OCCCCN(Cc1cc(Cl)c2c(c1)OCCO2)C1CC1. The molecule has 0 atom stereocenters. The number of halogens is 1. The van der Waals surface area contributed by atoms with E-state index in [0.29, 0.717) is 30.0 Å². The zero-order chi connectivity index (χ0) is 14.7. The van der Waals surface area contributed by atoms with Gasteiger partial charge in [0.2, 0.25) is 0 Å². The zero-order valence-corrected chi connectivity index (χ0v) is 12.9. The van der Waals surface area contributed by atoms with Gasteiger partial charge < -0.3 is 14.6 Å². The zero-order valence-electron chi connectivity index (χ0n) is 12.2. The van der Waals surface area contributed by atoms with Crippen LogP contribution in [0.3, 0.4) is 0 Å². The minimum Gasteiger partial charge on any atom is -0.486 e. The van der Waals surface area contributed by atoms with Crippen molar-refractivity contribution in [1.82, 2.24) is 4.90 Å². The number of ether oxygens (including phenoxy) is 2. The van der Waals surface area contributed by atoms with Crippen molar-refractivity contribution in [2.45, 2.75) is 38.3 Å². The molecule has 116 valence electrons. The van der Waals surface area contributed by atoms with Crippen LogP contribution < -0.4 is 9.47 Å². The van der Waals surface area contributed by atoms with Crippen LogP contribution in [0.2, 0.25) is 5.02 Å². The minimum absolute atomic E-state index is 0.272. The molecule has 1 fully saturated rings. The second kappa shape index (κ2) is 6.86. The van der Waals surface area contributed by atoms with E-state index >= 15 is 0 Å². The number of hydrogen-bond donors (Lipinski definition) is 1. The summed E-state index contributed by atoms with van der Waals surface area (Å²) in [6, 6.07) is 4.72. The highest BCUT2D eigenvalue weighted by Crippen LogP contribution is 2.39. The van der Waals surface area contributed by atoms with Gasteiger partial charge in [0.1, 0.15) is 13.2 Å². The van der Waals surface area contributed by atoms with Crippen LogP contribution in [0, 0.1) is 0 Å². The van der Waals surface area contributed by atoms with Crippen molar-refractivity contribution in [2.75, 3.05) is 26.4 Å². The summed E-state index contributed by atoms with van der Waals surface area (Å²) in [7, 11) is 0. The Morgan fingerprint density at radius 3 is 2.76 bits per heavy atom. The number of aliphatic hydroxyl groups is 1. The maximum Gasteiger partial charge on any atom is 0.179 e. The average Bonchev–Trinajstić information content (AvgIpc) is 3.31. The first-order valence-electron chi connectivity index (χ1n) is 7.71. The lowest BCUT2D eigenvalue weighted by molar-refractivity contribution is 0.171. The van der Waals surface area contributed by atoms with Gasteiger partial charge in [0, 0.05) is 19.2 Å². The molecule has 0 amide bonds. The van der Waals surface area contributed by atoms with Gasteiger partial charge in [0.05, 0.1) is 5.02 Å². The van der Waals surface area contributed by atoms with Crippen molar-refractivity contribution < 1.29 is 14.6 Å². The molecule has 0 bridgehead atoms. The van der Waals surface area contributed by atoms with Crippen molar-refractivity contribution >= 4 is 11.6 Å². The number of nitrogens with zero attached hydrogens (tertiary/aromatic N) is 1. The Morgan fingerprint density at radius 1 is 1.19 bits per heavy atom. The van der Waals surface area contributed by atoms with Gasteiger partial charge in [0.15, 0.2) is 11.5 Å². The minimum atomic E-state index is 0.272. The summed E-state index contributed by atoms with van der Waals surface area (Å²) in [6.45, 7) is 3.31. The van der Waals surface area contributed by atoms with Crippen LogP contribution >= 0.6 is 11.6 Å². The third kappa shape index (κ3) is 3.82. The third-order valence-corrected chi connectivity index (χ3v) is 4.24. The van der Waals surface area contributed by atoms with E-state index in [2.05, 4.69) is 4.90 Å². The second-order valence-corrected chi connectivity index (χ2v) is 6.14. The molecule has 0 radical (unpaired) electrons. The van der Waals surface area contributed by atoms with E-state index in [1.807, 2.05) is 12.1 Å². The van der Waals surface area contributed by atoms with Crippen LogP contribution in [-0.2, 0) is 6.54 Å². The Labute approximate surface area is 130 Å². The fourth-order valence-corrected chi connectivity index (χ4v) is 3.03. The van der Waals surface area contributed by atoms with Gasteiger partial charge in [-0.25, -0.2) is 0 Å². The lowest BCUT2D eigenvalue weighted by atomic mass is 10.1. The Morgan fingerprint density at radius 2 is 2.00 bits per heavy atom. The number of unbranched alkanes of at least 4 members (excludes halogenated alkanes) is 1. The molecule has 5 heteroatoms. The number of hydrogen-bond acceptors (Lipinski definition) is 4. The monoisotopic (exact) mass is 311 g/mol. The number of benzene rings is 1. The highest BCUT2D eigenvalue weighted by molar-refractivity contribution is 6.32. The van der Waals surface area contributed by atoms with Gasteiger partial charge in [-0.1, -0.05) is 11.6 Å². The topological polar surface area (TPSA) is 41.9 Å². The Balaban J connectivity index is 1.69. The largest absolute Gasteiger partial charge is 0.486 e. The molecule has 0 saturated heterocycles. The summed E-state index contributed by atoms with van der Waals surface area (Å²) in [5, 5.41) is 9.56. The van der Waals surface area contributed by atoms with Crippen LogP contribution in [0.4, 0.5) is 0 Å². The Hall–Kier alpha value is -0.970. The molecule has 1 aliphatic carbocycles. The number of aliphatic hydroxyl groups excluding tert-OH is 1. The van der Waals surface area contributed by atoms with E-state index < -0.39 is 0 Å². The molecule has 3 rings (SSSR count). The van der Waals surface area contributed by atoms with E-state index in [1.54, 1.807) is 0 Å². The highest BCUT2D eigenvalue weighted by atomic mass is 35.5. The number of fused-ring (bicyclic) bond motifs is 1. The molecule has 0 spiro atoms. The summed E-state index contributed by atoms with van der Waals surface area (Å²) in [4.78, 5) is 2.48. The van der Waals surface area contributed by atoms with E-state index in [-0.39, 0.29) is 6.61 Å². The maximum absolute atomic E-state index is 8.93. The van der Waals surface area contributed by atoms with E-state index in [1.165, 1.54) is 18.4 Å². The van der Waals surface area contributed by atoms with Crippen molar-refractivity contribution in [3.63, 3.8) is 0 Å². The van der Waals surface area contributed by atoms with Gasteiger partial charge >= 0.3 is 0 Å². The average molecular weight is 312 g/mol. The summed E-state index contributed by atoms with van der Waals surface area (Å²) >= 11 is 6.30. The third-order valence-electron chi connectivity index (χ3n) is 3.96. The fourth-order valence-electron chi connectivity index (χ4n) is 2.75. The normalized spacial score (nSPS) is 17.3.